The molecule has 2 aromatic rings. The van der Waals surface area contributed by atoms with Gasteiger partial charge in [0.25, 0.3) is 23.6 Å². The average molecular weight is 841 g/mol. The van der Waals surface area contributed by atoms with Crippen molar-refractivity contribution >= 4 is 51.2 Å². The van der Waals surface area contributed by atoms with E-state index in [2.05, 4.69) is 39.3 Å². The van der Waals surface area contributed by atoms with Gasteiger partial charge in [-0.25, -0.2) is 0 Å². The zero-order valence-electron chi connectivity index (χ0n) is 35.2. The number of aliphatic hydroxyl groups excluding tert-OH is 2. The molecule has 0 spiro atoms. The molecule has 4 heterocycles. The molecule has 318 valence electrons. The Hall–Kier alpha value is -4.01. The zero-order valence-corrected chi connectivity index (χ0v) is 37.2. The van der Waals surface area contributed by atoms with Crippen molar-refractivity contribution in [1.82, 2.24) is 9.80 Å². The number of carbonyl (C=O) groups excluding carboxylic acids is 4. The first-order valence-corrected chi connectivity index (χ1v) is 27.7. The highest BCUT2D eigenvalue weighted by atomic mass is 28.3. The van der Waals surface area contributed by atoms with Gasteiger partial charge in [-0.3, -0.25) is 29.0 Å². The molecule has 0 unspecified atom stereocenters. The number of hydrogen-bond donors (Lipinski definition) is 2. The summed E-state index contributed by atoms with van der Waals surface area (Å²) in [6.45, 7) is 16.8. The summed E-state index contributed by atoms with van der Waals surface area (Å²) >= 11 is 0. The minimum absolute atomic E-state index is 0.0250. The van der Waals surface area contributed by atoms with Crippen LogP contribution in [0.15, 0.2) is 24.3 Å². The third-order valence-electron chi connectivity index (χ3n) is 11.0. The van der Waals surface area contributed by atoms with Crippen LogP contribution in [0.25, 0.3) is 0 Å². The Kier molecular flexibility index (Phi) is 13.3. The average Bonchev–Trinajstić information content (AvgIpc) is 3.72. The number of fused-ring (bicyclic) bond motifs is 4. The van der Waals surface area contributed by atoms with Crippen LogP contribution in [0.2, 0.25) is 51.4 Å². The molecule has 0 saturated carbocycles. The summed E-state index contributed by atoms with van der Waals surface area (Å²) in [5.41, 5.74) is 2.08. The van der Waals surface area contributed by atoms with Gasteiger partial charge in [0.1, 0.15) is 31.3 Å². The first-order valence-electron chi connectivity index (χ1n) is 20.3. The van der Waals surface area contributed by atoms with Gasteiger partial charge in [-0.05, 0) is 36.7 Å². The maximum atomic E-state index is 13.9. The molecular weight excluding hydrogens is 781 g/mol. The number of hydrogen-bond acceptors (Lipinski definition) is 11. The number of ether oxygens (including phenoxy) is 5. The van der Waals surface area contributed by atoms with E-state index < -0.39 is 40.4 Å². The van der Waals surface area contributed by atoms with Crippen molar-refractivity contribution in [2.45, 2.75) is 102 Å². The van der Waals surface area contributed by atoms with Gasteiger partial charge in [-0.1, -0.05) is 39.3 Å². The van der Waals surface area contributed by atoms with Crippen LogP contribution >= 0.6 is 0 Å². The second-order valence-corrected chi connectivity index (χ2v) is 29.4. The molecule has 0 bridgehead atoms. The lowest BCUT2D eigenvalue weighted by molar-refractivity contribution is -0.124. The van der Waals surface area contributed by atoms with E-state index in [1.807, 2.05) is 6.92 Å². The van der Waals surface area contributed by atoms with Crippen LogP contribution in [0.4, 0.5) is 11.4 Å². The molecule has 15 nitrogen and oxygen atoms in total. The van der Waals surface area contributed by atoms with Gasteiger partial charge in [0, 0.05) is 73.8 Å². The molecule has 2 N–H and O–H groups in total. The van der Waals surface area contributed by atoms with Crippen molar-refractivity contribution in [3.8, 4) is 17.2 Å². The monoisotopic (exact) mass is 840 g/mol. The minimum Gasteiger partial charge on any atom is -0.493 e. The molecule has 0 aliphatic carbocycles. The van der Waals surface area contributed by atoms with E-state index >= 15 is 0 Å². The molecule has 4 amide bonds. The van der Waals surface area contributed by atoms with Crippen molar-refractivity contribution in [1.29, 1.82) is 0 Å². The zero-order chi connectivity index (χ0) is 42.1. The topological polar surface area (TPSA) is 168 Å². The quantitative estimate of drug-likeness (QED) is 0.172. The predicted molar refractivity (Wildman–Crippen MR) is 224 cm³/mol. The number of aryl methyl sites for hydroxylation is 1. The Morgan fingerprint density at radius 2 is 1.09 bits per heavy atom. The molecule has 0 radical (unpaired) electrons. The number of benzene rings is 2. The lowest BCUT2D eigenvalue weighted by Gasteiger charge is -2.26. The van der Waals surface area contributed by atoms with Crippen molar-refractivity contribution < 1.29 is 53.1 Å². The Labute approximate surface area is 343 Å². The van der Waals surface area contributed by atoms with Crippen LogP contribution in [-0.4, -0.2) is 144 Å². The highest BCUT2D eigenvalue weighted by Gasteiger charge is 2.47. The normalized spacial score (nSPS) is 22.1. The molecule has 2 saturated heterocycles. The highest BCUT2D eigenvalue weighted by Crippen LogP contribution is 2.41. The molecule has 6 rings (SSSR count). The molecule has 0 aromatic heterocycles. The number of nitrogens with zero attached hydrogens (tertiary/aromatic N) is 4. The maximum Gasteiger partial charge on any atom is 0.256 e. The number of aliphatic hydroxyl groups is 2. The lowest BCUT2D eigenvalue weighted by atomic mass is 10.1. The minimum atomic E-state index is -1.40. The molecule has 4 atom stereocenters. The first kappa shape index (κ1) is 43.6. The Morgan fingerprint density at radius 3 is 1.55 bits per heavy atom. The second-order valence-electron chi connectivity index (χ2n) is 18.2. The number of carbonyl (C=O) groups is 4. The predicted octanol–water partition coefficient (Wildman–Crippen LogP) is 4.32. The molecule has 17 heteroatoms. The van der Waals surface area contributed by atoms with Crippen LogP contribution in [0.3, 0.4) is 0 Å². The summed E-state index contributed by atoms with van der Waals surface area (Å²) in [7, 11) is -1.31. The number of rotatable bonds is 17. The number of amides is 4. The van der Waals surface area contributed by atoms with Crippen LogP contribution in [-0.2, 0) is 19.1 Å². The fourth-order valence-electron chi connectivity index (χ4n) is 7.65. The van der Waals surface area contributed by atoms with Gasteiger partial charge in [-0.15, -0.1) is 0 Å². The van der Waals surface area contributed by atoms with Gasteiger partial charge in [0.15, 0.2) is 11.5 Å². The van der Waals surface area contributed by atoms with Crippen LogP contribution in [0.1, 0.15) is 45.5 Å². The third kappa shape index (κ3) is 9.71. The standard InChI is InChI=1S/C41H60N4O11Si2/c1-26-16-29-31(44(24-53-12-14-57(3,4)5)40(50)33-17-27(46)22-42(33)38(29)48)20-35(26)55-10-9-11-56-37-21-32-30(19-36(37)52-2)39(49)43-23-28(47)18-34(43)41(51)45(32)25-54-13-15-58(6,7)8/h16,19-21,27-28,33-34,46-47H,9-15,17-18,22-25H2,1-8H3/t27-,28-,33+,34+/m1/s1. The van der Waals surface area contributed by atoms with E-state index in [0.29, 0.717) is 59.4 Å². The molecule has 58 heavy (non-hydrogen) atoms. The Bertz CT molecular complexity index is 1880. The summed E-state index contributed by atoms with van der Waals surface area (Å²) < 4.78 is 30.1. The van der Waals surface area contributed by atoms with Gasteiger partial charge in [-0.2, -0.15) is 0 Å². The SMILES string of the molecule is COc1cc2c(cc1OCCCOc1cc3c(cc1C)C(=O)N1C[C@H](O)C[C@H]1C(=O)N3COCC[Si](C)(C)C)N(COCC[Si](C)(C)C)C(=O)[C@@H]1C[C@@H](O)CN1C2=O. The van der Waals surface area contributed by atoms with Gasteiger partial charge in [0.2, 0.25) is 0 Å². The summed E-state index contributed by atoms with van der Waals surface area (Å²) in [6, 6.07) is 6.90. The van der Waals surface area contributed by atoms with Crippen LogP contribution in [0, 0.1) is 6.92 Å². The van der Waals surface area contributed by atoms with E-state index in [4.69, 9.17) is 23.7 Å². The van der Waals surface area contributed by atoms with E-state index in [0.717, 1.165) is 12.1 Å². The van der Waals surface area contributed by atoms with Gasteiger partial charge >= 0.3 is 0 Å². The first-order chi connectivity index (χ1) is 27.4. The largest absolute Gasteiger partial charge is 0.493 e. The fraction of sp³-hybridized carbons (Fsp3) is 0.610. The number of methoxy groups -OCH3 is 1. The van der Waals surface area contributed by atoms with Gasteiger partial charge < -0.3 is 43.7 Å². The Balaban J connectivity index is 1.17. The fourth-order valence-corrected chi connectivity index (χ4v) is 9.17. The molecule has 4 aliphatic rings. The third-order valence-corrected chi connectivity index (χ3v) is 14.4. The van der Waals surface area contributed by atoms with Gasteiger partial charge in [0.05, 0.1) is 55.0 Å². The van der Waals surface area contributed by atoms with E-state index in [1.54, 1.807) is 24.3 Å². The maximum absolute atomic E-state index is 13.9. The molecule has 2 fully saturated rings. The lowest BCUT2D eigenvalue weighted by Crippen LogP contribution is -2.45. The number of anilines is 2. The van der Waals surface area contributed by atoms with Crippen molar-refractivity contribution in [2.24, 2.45) is 0 Å². The molecule has 4 aliphatic heterocycles. The molecule has 2 aromatic carbocycles. The van der Waals surface area contributed by atoms with Crippen LogP contribution < -0.4 is 24.0 Å². The summed E-state index contributed by atoms with van der Waals surface area (Å²) in [6.07, 6.45) is -0.830. The van der Waals surface area contributed by atoms with Crippen molar-refractivity contribution in [2.75, 3.05) is 69.9 Å². The van der Waals surface area contributed by atoms with E-state index in [-0.39, 0.29) is 81.8 Å². The van der Waals surface area contributed by atoms with E-state index in [9.17, 15) is 29.4 Å². The van der Waals surface area contributed by atoms with E-state index in [1.165, 1.54) is 26.7 Å². The smallest absolute Gasteiger partial charge is 0.256 e. The van der Waals surface area contributed by atoms with Crippen molar-refractivity contribution in [3.63, 3.8) is 0 Å². The van der Waals surface area contributed by atoms with Crippen LogP contribution in [0.5, 0.6) is 17.2 Å². The summed E-state index contributed by atoms with van der Waals surface area (Å²) in [4.78, 5) is 61.3. The molecular formula is C41H60N4O11Si2. The van der Waals surface area contributed by atoms with Crippen molar-refractivity contribution in [3.05, 3.63) is 41.0 Å². The summed E-state index contributed by atoms with van der Waals surface area (Å²) in [5.74, 6) is -0.155. The Morgan fingerprint density at radius 1 is 0.638 bits per heavy atom. The second kappa shape index (κ2) is 17.7. The summed E-state index contributed by atoms with van der Waals surface area (Å²) in [5, 5.41) is 20.8. The highest BCUT2D eigenvalue weighted by molar-refractivity contribution is 6.76.